The molecule has 1 aliphatic heterocycles. The van der Waals surface area contributed by atoms with Crippen molar-refractivity contribution in [3.05, 3.63) is 111 Å². The SMILES string of the molecule is Cc1cc2c(cc1C)C(=O)/C(=C/c1cn(-c3ccccc3)nc1-c1ccc([N+](=O)[O-])cc1)O2. The first-order chi connectivity index (χ1) is 15.9. The maximum absolute atomic E-state index is 13.0. The van der Waals surface area contributed by atoms with Crippen LogP contribution in [0.1, 0.15) is 27.0 Å². The Morgan fingerprint density at radius 1 is 1.00 bits per heavy atom. The van der Waals surface area contributed by atoms with Crippen molar-refractivity contribution >= 4 is 17.5 Å². The van der Waals surface area contributed by atoms with E-state index in [4.69, 9.17) is 9.84 Å². The second kappa shape index (κ2) is 7.87. The van der Waals surface area contributed by atoms with E-state index in [1.807, 2.05) is 62.5 Å². The van der Waals surface area contributed by atoms with Gasteiger partial charge >= 0.3 is 0 Å². The first kappa shape index (κ1) is 20.4. The molecule has 7 heteroatoms. The Morgan fingerprint density at radius 3 is 2.39 bits per heavy atom. The molecule has 2 heterocycles. The van der Waals surface area contributed by atoms with Gasteiger partial charge in [-0.15, -0.1) is 0 Å². The molecule has 4 aromatic rings. The maximum atomic E-state index is 13.0. The van der Waals surface area contributed by atoms with E-state index < -0.39 is 4.92 Å². The van der Waals surface area contributed by atoms with Gasteiger partial charge in [0.2, 0.25) is 5.78 Å². The fourth-order valence-electron chi connectivity index (χ4n) is 3.76. The number of fused-ring (bicyclic) bond motifs is 1. The quantitative estimate of drug-likeness (QED) is 0.233. The van der Waals surface area contributed by atoms with E-state index in [0.29, 0.717) is 28.1 Å². The highest BCUT2D eigenvalue weighted by atomic mass is 16.6. The van der Waals surface area contributed by atoms with Crippen molar-refractivity contribution in [2.24, 2.45) is 0 Å². The molecule has 1 aromatic heterocycles. The van der Waals surface area contributed by atoms with Crippen LogP contribution >= 0.6 is 0 Å². The Hall–Kier alpha value is -4.52. The van der Waals surface area contributed by atoms with E-state index in [9.17, 15) is 14.9 Å². The number of nitro groups is 1. The number of non-ortho nitro benzene ring substituents is 1. The zero-order chi connectivity index (χ0) is 23.1. The summed E-state index contributed by atoms with van der Waals surface area (Å²) in [7, 11) is 0. The molecule has 0 unspecified atom stereocenters. The molecule has 5 rings (SSSR count). The number of Topliss-reactive ketones (excluding diaryl/α,β-unsaturated/α-hetero) is 1. The van der Waals surface area contributed by atoms with E-state index in [0.717, 1.165) is 16.8 Å². The average molecular weight is 437 g/mol. The van der Waals surface area contributed by atoms with Crippen LogP contribution < -0.4 is 4.74 Å². The summed E-state index contributed by atoms with van der Waals surface area (Å²) in [5.74, 6) is 0.572. The lowest BCUT2D eigenvalue weighted by Gasteiger charge is -2.02. The predicted molar refractivity (Wildman–Crippen MR) is 125 cm³/mol. The van der Waals surface area contributed by atoms with E-state index in [1.165, 1.54) is 12.1 Å². The lowest BCUT2D eigenvalue weighted by molar-refractivity contribution is -0.384. The van der Waals surface area contributed by atoms with Crippen molar-refractivity contribution < 1.29 is 14.5 Å². The minimum atomic E-state index is -0.443. The number of aromatic nitrogens is 2. The molecule has 0 radical (unpaired) electrons. The standard InChI is InChI=1S/C26H19N3O4/c1-16-12-22-23(13-17(16)2)33-24(26(22)30)14-19-15-28(20-6-4-3-5-7-20)27-25(19)18-8-10-21(11-9-18)29(31)32/h3-15H,1-2H3/b24-14-. The predicted octanol–water partition coefficient (Wildman–Crippen LogP) is 5.68. The van der Waals surface area contributed by atoms with Gasteiger partial charge in [-0.3, -0.25) is 14.9 Å². The highest BCUT2D eigenvalue weighted by Crippen LogP contribution is 2.35. The largest absolute Gasteiger partial charge is 0.452 e. The lowest BCUT2D eigenvalue weighted by atomic mass is 10.0. The number of rotatable bonds is 4. The van der Waals surface area contributed by atoms with E-state index >= 15 is 0 Å². The van der Waals surface area contributed by atoms with Gasteiger partial charge in [0, 0.05) is 29.5 Å². The second-order valence-corrected chi connectivity index (χ2v) is 7.89. The molecule has 0 spiro atoms. The van der Waals surface area contributed by atoms with Crippen LogP contribution in [-0.2, 0) is 0 Å². The fraction of sp³-hybridized carbons (Fsp3) is 0.0769. The summed E-state index contributed by atoms with van der Waals surface area (Å²) in [6.45, 7) is 3.93. The number of ketones is 1. The van der Waals surface area contributed by atoms with Crippen LogP contribution in [0.4, 0.5) is 5.69 Å². The molecule has 0 saturated heterocycles. The van der Waals surface area contributed by atoms with Gasteiger partial charge in [0.1, 0.15) is 11.4 Å². The number of aryl methyl sites for hydroxylation is 2. The molecule has 3 aromatic carbocycles. The summed E-state index contributed by atoms with van der Waals surface area (Å²) in [5, 5.41) is 15.8. The smallest absolute Gasteiger partial charge is 0.269 e. The van der Waals surface area contributed by atoms with E-state index in [-0.39, 0.29) is 17.2 Å². The molecule has 33 heavy (non-hydrogen) atoms. The number of nitro benzene ring substituents is 1. The van der Waals surface area contributed by atoms with Gasteiger partial charge in [-0.2, -0.15) is 5.10 Å². The van der Waals surface area contributed by atoms with E-state index in [1.54, 1.807) is 22.9 Å². The summed E-state index contributed by atoms with van der Waals surface area (Å²) in [5.41, 5.74) is 5.39. The average Bonchev–Trinajstić information content (AvgIpc) is 3.37. The lowest BCUT2D eigenvalue weighted by Crippen LogP contribution is -1.98. The van der Waals surface area contributed by atoms with E-state index in [2.05, 4.69) is 0 Å². The van der Waals surface area contributed by atoms with Gasteiger partial charge < -0.3 is 4.74 Å². The number of para-hydroxylation sites is 1. The highest BCUT2D eigenvalue weighted by Gasteiger charge is 2.28. The second-order valence-electron chi connectivity index (χ2n) is 7.89. The van der Waals surface area contributed by atoms with Gasteiger partial charge in [0.05, 0.1) is 16.2 Å². The first-order valence-electron chi connectivity index (χ1n) is 10.4. The highest BCUT2D eigenvalue weighted by molar-refractivity contribution is 6.14. The summed E-state index contributed by atoms with van der Waals surface area (Å²) in [6, 6.07) is 19.5. The zero-order valence-corrected chi connectivity index (χ0v) is 18.0. The number of nitrogens with zero attached hydrogens (tertiary/aromatic N) is 3. The van der Waals surface area contributed by atoms with Crippen molar-refractivity contribution in [2.45, 2.75) is 13.8 Å². The number of benzene rings is 3. The molecule has 0 amide bonds. The van der Waals surface area contributed by atoms with Gasteiger partial charge in [0.25, 0.3) is 5.69 Å². The van der Waals surface area contributed by atoms with Gasteiger partial charge in [-0.25, -0.2) is 4.68 Å². The molecular weight excluding hydrogens is 418 g/mol. The molecule has 0 bridgehead atoms. The summed E-state index contributed by atoms with van der Waals surface area (Å²) >= 11 is 0. The van der Waals surface area contributed by atoms with Gasteiger partial charge in [-0.1, -0.05) is 18.2 Å². The molecule has 7 nitrogen and oxygen atoms in total. The number of hydrogen-bond acceptors (Lipinski definition) is 5. The van der Waals surface area contributed by atoms with Crippen LogP contribution in [0.3, 0.4) is 0 Å². The number of allylic oxidation sites excluding steroid dienone is 1. The molecular formula is C26H19N3O4. The van der Waals surface area contributed by atoms with Crippen molar-refractivity contribution in [1.82, 2.24) is 9.78 Å². The maximum Gasteiger partial charge on any atom is 0.269 e. The Balaban J connectivity index is 1.61. The van der Waals surface area contributed by atoms with Crippen molar-refractivity contribution in [2.75, 3.05) is 0 Å². The molecule has 0 N–H and O–H groups in total. The van der Waals surface area contributed by atoms with Gasteiger partial charge in [0.15, 0.2) is 5.76 Å². The minimum absolute atomic E-state index is 0.00311. The van der Waals surface area contributed by atoms with Crippen LogP contribution in [0, 0.1) is 24.0 Å². The molecule has 0 fully saturated rings. The van der Waals surface area contributed by atoms with Crippen LogP contribution in [-0.4, -0.2) is 20.5 Å². The molecule has 0 atom stereocenters. The minimum Gasteiger partial charge on any atom is -0.452 e. The van der Waals surface area contributed by atoms with Crippen molar-refractivity contribution in [3.63, 3.8) is 0 Å². The molecule has 162 valence electrons. The Morgan fingerprint density at radius 2 is 1.70 bits per heavy atom. The topological polar surface area (TPSA) is 87.3 Å². The first-order valence-corrected chi connectivity index (χ1v) is 10.4. The fourth-order valence-corrected chi connectivity index (χ4v) is 3.76. The van der Waals surface area contributed by atoms with Crippen LogP contribution in [0.2, 0.25) is 0 Å². The number of carbonyl (C=O) groups is 1. The Labute approximate surface area is 189 Å². The molecule has 0 aliphatic carbocycles. The Bertz CT molecular complexity index is 1430. The van der Waals surface area contributed by atoms with Crippen molar-refractivity contribution in [1.29, 1.82) is 0 Å². The number of ether oxygens (including phenoxy) is 1. The summed E-state index contributed by atoms with van der Waals surface area (Å²) in [4.78, 5) is 23.6. The third kappa shape index (κ3) is 3.70. The van der Waals surface area contributed by atoms with Crippen molar-refractivity contribution in [3.8, 4) is 22.7 Å². The van der Waals surface area contributed by atoms with Crippen LogP contribution in [0.25, 0.3) is 23.0 Å². The normalized spacial score (nSPS) is 13.8. The zero-order valence-electron chi connectivity index (χ0n) is 18.0. The third-order valence-corrected chi connectivity index (χ3v) is 5.69. The monoisotopic (exact) mass is 437 g/mol. The van der Waals surface area contributed by atoms with Gasteiger partial charge in [-0.05, 0) is 67.4 Å². The summed E-state index contributed by atoms with van der Waals surface area (Å²) < 4.78 is 7.61. The van der Waals surface area contributed by atoms with Crippen LogP contribution in [0.5, 0.6) is 5.75 Å². The molecule has 0 saturated carbocycles. The summed E-state index contributed by atoms with van der Waals surface area (Å²) in [6.07, 6.45) is 3.49. The number of carbonyl (C=O) groups excluding carboxylic acids is 1. The van der Waals surface area contributed by atoms with Crippen LogP contribution in [0.15, 0.2) is 78.7 Å². The Kier molecular flexibility index (Phi) is 4.86. The third-order valence-electron chi connectivity index (χ3n) is 5.69. The number of hydrogen-bond donors (Lipinski definition) is 0. The molecule has 1 aliphatic rings.